The zero-order valence-electron chi connectivity index (χ0n) is 13.0. The van der Waals surface area contributed by atoms with Gasteiger partial charge in [-0.1, -0.05) is 35.3 Å². The molecule has 0 saturated carbocycles. The molecule has 128 valence electrons. The Labute approximate surface area is 153 Å². The summed E-state index contributed by atoms with van der Waals surface area (Å²) in [7, 11) is 0. The average Bonchev–Trinajstić information content (AvgIpc) is 3.09. The van der Waals surface area contributed by atoms with Crippen LogP contribution in [0.3, 0.4) is 0 Å². The van der Waals surface area contributed by atoms with E-state index in [1.165, 1.54) is 4.68 Å². The zero-order valence-corrected chi connectivity index (χ0v) is 14.5. The van der Waals surface area contributed by atoms with Crippen molar-refractivity contribution in [3.8, 4) is 5.69 Å². The molecule has 3 rings (SSSR count). The Bertz CT molecular complexity index is 848. The lowest BCUT2D eigenvalue weighted by molar-refractivity contribution is 0.240. The highest BCUT2D eigenvalue weighted by Crippen LogP contribution is 2.13. The van der Waals surface area contributed by atoms with Crippen LogP contribution in [0.25, 0.3) is 5.69 Å². The van der Waals surface area contributed by atoms with Crippen molar-refractivity contribution < 1.29 is 4.79 Å². The van der Waals surface area contributed by atoms with E-state index in [0.717, 1.165) is 11.3 Å². The van der Waals surface area contributed by atoms with Crippen molar-refractivity contribution in [2.45, 2.75) is 13.1 Å². The van der Waals surface area contributed by atoms with Crippen molar-refractivity contribution in [2.75, 3.05) is 0 Å². The summed E-state index contributed by atoms with van der Waals surface area (Å²) >= 11 is 11.7. The molecule has 0 radical (unpaired) electrons. The van der Waals surface area contributed by atoms with E-state index < -0.39 is 0 Å². The van der Waals surface area contributed by atoms with Crippen molar-refractivity contribution in [3.05, 3.63) is 70.0 Å². The van der Waals surface area contributed by atoms with E-state index in [0.29, 0.717) is 22.4 Å². The quantitative estimate of drug-likeness (QED) is 0.716. The van der Waals surface area contributed by atoms with Crippen molar-refractivity contribution in [1.82, 2.24) is 30.8 Å². The second kappa shape index (κ2) is 7.96. The molecular weight excluding hydrogens is 363 g/mol. The number of aromatic nitrogens is 4. The van der Waals surface area contributed by atoms with Gasteiger partial charge in [-0.3, -0.25) is 0 Å². The summed E-state index contributed by atoms with van der Waals surface area (Å²) in [6, 6.07) is 14.0. The first-order valence-corrected chi connectivity index (χ1v) is 8.17. The van der Waals surface area contributed by atoms with Gasteiger partial charge in [-0.15, -0.1) is 5.10 Å². The average molecular weight is 377 g/mol. The highest BCUT2D eigenvalue weighted by molar-refractivity contribution is 6.30. The smallest absolute Gasteiger partial charge is 0.315 e. The van der Waals surface area contributed by atoms with Crippen LogP contribution in [0, 0.1) is 0 Å². The highest BCUT2D eigenvalue weighted by atomic mass is 35.5. The highest BCUT2D eigenvalue weighted by Gasteiger charge is 2.09. The predicted molar refractivity (Wildman–Crippen MR) is 94.7 cm³/mol. The largest absolute Gasteiger partial charge is 0.334 e. The lowest BCUT2D eigenvalue weighted by Crippen LogP contribution is -2.35. The SMILES string of the molecule is O=C(NCc1ccc(Cl)cc1)NCc1nnnn1-c1ccc(Cl)cc1. The molecule has 3 aromatic rings. The van der Waals surface area contributed by atoms with Gasteiger partial charge < -0.3 is 10.6 Å². The van der Waals surface area contributed by atoms with Crippen LogP contribution in [0.1, 0.15) is 11.4 Å². The van der Waals surface area contributed by atoms with Gasteiger partial charge >= 0.3 is 6.03 Å². The summed E-state index contributed by atoms with van der Waals surface area (Å²) in [6.07, 6.45) is 0. The van der Waals surface area contributed by atoms with Crippen LogP contribution in [0.4, 0.5) is 4.79 Å². The van der Waals surface area contributed by atoms with Crippen LogP contribution < -0.4 is 10.6 Å². The van der Waals surface area contributed by atoms with Crippen molar-refractivity contribution in [1.29, 1.82) is 0 Å². The van der Waals surface area contributed by atoms with Gasteiger partial charge in [0.1, 0.15) is 0 Å². The van der Waals surface area contributed by atoms with Crippen molar-refractivity contribution in [2.24, 2.45) is 0 Å². The van der Waals surface area contributed by atoms with Crippen molar-refractivity contribution >= 4 is 29.2 Å². The number of hydrogen-bond donors (Lipinski definition) is 2. The molecule has 9 heteroatoms. The lowest BCUT2D eigenvalue weighted by atomic mass is 10.2. The van der Waals surface area contributed by atoms with E-state index in [1.54, 1.807) is 36.4 Å². The Morgan fingerprint density at radius 1 is 0.920 bits per heavy atom. The molecule has 0 aliphatic carbocycles. The molecule has 0 aliphatic rings. The molecule has 0 atom stereocenters. The van der Waals surface area contributed by atoms with Crippen LogP contribution in [0.5, 0.6) is 0 Å². The number of amides is 2. The number of carbonyl (C=O) groups is 1. The number of tetrazole rings is 1. The third kappa shape index (κ3) is 4.68. The van der Waals surface area contributed by atoms with Crippen LogP contribution in [-0.2, 0) is 13.1 Å². The molecule has 0 saturated heterocycles. The monoisotopic (exact) mass is 376 g/mol. The second-order valence-electron chi connectivity index (χ2n) is 5.15. The molecule has 1 heterocycles. The number of halogens is 2. The molecule has 2 amide bonds. The molecule has 1 aromatic heterocycles. The fourth-order valence-corrected chi connectivity index (χ4v) is 2.36. The normalized spacial score (nSPS) is 10.5. The van der Waals surface area contributed by atoms with Gasteiger partial charge in [0.2, 0.25) is 0 Å². The van der Waals surface area contributed by atoms with Crippen molar-refractivity contribution in [3.63, 3.8) is 0 Å². The molecule has 2 aromatic carbocycles. The molecule has 0 spiro atoms. The van der Waals surface area contributed by atoms with Gasteiger partial charge in [-0.05, 0) is 52.4 Å². The Morgan fingerprint density at radius 3 is 2.20 bits per heavy atom. The van der Waals surface area contributed by atoms with Crippen LogP contribution in [-0.4, -0.2) is 26.2 Å². The summed E-state index contributed by atoms with van der Waals surface area (Å²) in [6.45, 7) is 0.577. The fraction of sp³-hybridized carbons (Fsp3) is 0.125. The van der Waals surface area contributed by atoms with Gasteiger partial charge in [-0.25, -0.2) is 4.79 Å². The number of nitrogens with zero attached hydrogens (tertiary/aromatic N) is 4. The molecule has 0 fully saturated rings. The summed E-state index contributed by atoms with van der Waals surface area (Å²) in [5, 5.41) is 18.3. The lowest BCUT2D eigenvalue weighted by Gasteiger charge is -2.08. The minimum atomic E-state index is -0.319. The minimum absolute atomic E-state index is 0.183. The Kier molecular flexibility index (Phi) is 5.47. The van der Waals surface area contributed by atoms with E-state index in [-0.39, 0.29) is 12.6 Å². The number of carbonyl (C=O) groups excluding carboxylic acids is 1. The molecule has 2 N–H and O–H groups in total. The third-order valence-electron chi connectivity index (χ3n) is 3.38. The number of hydrogen-bond acceptors (Lipinski definition) is 4. The van der Waals surface area contributed by atoms with Gasteiger partial charge in [0.25, 0.3) is 0 Å². The van der Waals surface area contributed by atoms with E-state index in [9.17, 15) is 4.79 Å². The maximum atomic E-state index is 11.9. The first kappa shape index (κ1) is 17.2. The minimum Gasteiger partial charge on any atom is -0.334 e. The zero-order chi connectivity index (χ0) is 17.6. The Hall–Kier alpha value is -2.64. The van der Waals surface area contributed by atoms with E-state index in [2.05, 4.69) is 26.2 Å². The van der Waals surface area contributed by atoms with Gasteiger partial charge in [0.05, 0.1) is 12.2 Å². The topological polar surface area (TPSA) is 84.7 Å². The molecule has 7 nitrogen and oxygen atoms in total. The van der Waals surface area contributed by atoms with Crippen LogP contribution >= 0.6 is 23.2 Å². The Balaban J connectivity index is 1.55. The number of rotatable bonds is 5. The van der Waals surface area contributed by atoms with Gasteiger partial charge in [0.15, 0.2) is 5.82 Å². The predicted octanol–water partition coefficient (Wildman–Crippen LogP) is 2.97. The molecule has 25 heavy (non-hydrogen) atoms. The number of benzene rings is 2. The maximum absolute atomic E-state index is 11.9. The van der Waals surface area contributed by atoms with Crippen LogP contribution in [0.2, 0.25) is 10.0 Å². The third-order valence-corrected chi connectivity index (χ3v) is 3.88. The first-order valence-electron chi connectivity index (χ1n) is 7.41. The molecule has 0 aliphatic heterocycles. The van der Waals surface area contributed by atoms with Gasteiger partial charge in [0, 0.05) is 16.6 Å². The first-order chi connectivity index (χ1) is 12.1. The number of nitrogens with one attached hydrogen (secondary N) is 2. The van der Waals surface area contributed by atoms with E-state index in [1.807, 2.05) is 12.1 Å². The van der Waals surface area contributed by atoms with E-state index >= 15 is 0 Å². The molecule has 0 bridgehead atoms. The fourth-order valence-electron chi connectivity index (χ4n) is 2.11. The summed E-state index contributed by atoms with van der Waals surface area (Å²) in [4.78, 5) is 11.9. The molecule has 0 unspecified atom stereocenters. The summed E-state index contributed by atoms with van der Waals surface area (Å²) in [5.41, 5.74) is 1.71. The number of urea groups is 1. The second-order valence-corrected chi connectivity index (χ2v) is 6.02. The maximum Gasteiger partial charge on any atom is 0.315 e. The van der Waals surface area contributed by atoms with E-state index in [4.69, 9.17) is 23.2 Å². The van der Waals surface area contributed by atoms with Crippen LogP contribution in [0.15, 0.2) is 48.5 Å². The summed E-state index contributed by atoms with van der Waals surface area (Å²) < 4.78 is 1.54. The molecular formula is C16H14Cl2N6O. The standard InChI is InChI=1S/C16H14Cl2N6O/c17-12-3-1-11(2-4-12)9-19-16(25)20-10-15-21-22-23-24(15)14-7-5-13(18)6-8-14/h1-8H,9-10H2,(H2,19,20,25). The Morgan fingerprint density at radius 2 is 1.52 bits per heavy atom. The summed E-state index contributed by atoms with van der Waals surface area (Å²) in [5.74, 6) is 0.504. The van der Waals surface area contributed by atoms with Gasteiger partial charge in [-0.2, -0.15) is 4.68 Å².